The number of nitrogens with one attached hydrogen (secondary N) is 2. The largest absolute Gasteiger partial charge is 0.494 e. The molecule has 2 heterocycles. The zero-order chi connectivity index (χ0) is 14.3. The smallest absolute Gasteiger partial charge is 0.220 e. The second-order valence-corrected chi connectivity index (χ2v) is 5.19. The number of H-pyrrole nitrogens is 1. The number of fused-ring (bicyclic) bond motifs is 1. The third-order valence-corrected chi connectivity index (χ3v) is 3.89. The molecule has 1 unspecified atom stereocenters. The molecule has 1 atom stereocenters. The predicted octanol–water partition coefficient (Wildman–Crippen LogP) is 2.30. The first-order valence-electron chi connectivity index (χ1n) is 6.34. The van der Waals surface area contributed by atoms with Gasteiger partial charge in [0.25, 0.3) is 0 Å². The lowest BCUT2D eigenvalue weighted by Gasteiger charge is -2.24. The van der Waals surface area contributed by atoms with Crippen LogP contribution in [0, 0.1) is 10.6 Å². The van der Waals surface area contributed by atoms with Gasteiger partial charge in [-0.25, -0.2) is 4.39 Å². The summed E-state index contributed by atoms with van der Waals surface area (Å²) in [4.78, 5) is 14.2. The van der Waals surface area contributed by atoms with E-state index in [-0.39, 0.29) is 17.7 Å². The summed E-state index contributed by atoms with van der Waals surface area (Å²) in [6, 6.07) is 3.08. The molecule has 5 nitrogen and oxygen atoms in total. The third-order valence-electron chi connectivity index (χ3n) is 3.59. The highest BCUT2D eigenvalue weighted by Gasteiger charge is 2.22. The van der Waals surface area contributed by atoms with Gasteiger partial charge >= 0.3 is 0 Å². The zero-order valence-electron chi connectivity index (χ0n) is 10.9. The molecule has 0 saturated carbocycles. The molecule has 20 heavy (non-hydrogen) atoms. The van der Waals surface area contributed by atoms with Crippen LogP contribution < -0.4 is 10.1 Å². The monoisotopic (exact) mass is 295 g/mol. The van der Waals surface area contributed by atoms with Gasteiger partial charge in [-0.1, -0.05) is 0 Å². The molecular weight excluding hydrogens is 281 g/mol. The molecule has 1 amide bonds. The number of hydrogen-bond acceptors (Lipinski definition) is 3. The van der Waals surface area contributed by atoms with Crippen LogP contribution in [0.3, 0.4) is 0 Å². The SMILES string of the molecule is COc1cc2c(cc1F)[nH]c(=S)n2C1CCC(=O)NC1. The maximum Gasteiger partial charge on any atom is 0.220 e. The van der Waals surface area contributed by atoms with Gasteiger partial charge in [0.05, 0.1) is 24.2 Å². The highest BCUT2D eigenvalue weighted by molar-refractivity contribution is 7.71. The molecule has 7 heteroatoms. The summed E-state index contributed by atoms with van der Waals surface area (Å²) in [6.07, 6.45) is 1.18. The van der Waals surface area contributed by atoms with Crippen LogP contribution in [0.1, 0.15) is 18.9 Å². The molecule has 0 bridgehead atoms. The van der Waals surface area contributed by atoms with Crippen LogP contribution in [0.25, 0.3) is 11.0 Å². The molecule has 1 saturated heterocycles. The van der Waals surface area contributed by atoms with E-state index in [0.717, 1.165) is 5.52 Å². The second kappa shape index (κ2) is 4.90. The number of benzene rings is 1. The number of amides is 1. The summed E-state index contributed by atoms with van der Waals surface area (Å²) in [5.74, 6) is -0.198. The molecule has 1 aliphatic rings. The number of ether oxygens (including phenoxy) is 1. The first-order valence-corrected chi connectivity index (χ1v) is 6.75. The van der Waals surface area contributed by atoms with E-state index in [1.807, 2.05) is 4.57 Å². The van der Waals surface area contributed by atoms with E-state index in [9.17, 15) is 9.18 Å². The third kappa shape index (κ3) is 2.07. The fourth-order valence-electron chi connectivity index (χ4n) is 2.59. The number of carbonyl (C=O) groups is 1. The van der Waals surface area contributed by atoms with E-state index in [0.29, 0.717) is 29.7 Å². The predicted molar refractivity (Wildman–Crippen MR) is 74.9 cm³/mol. The highest BCUT2D eigenvalue weighted by Crippen LogP contribution is 2.28. The van der Waals surface area contributed by atoms with Crippen LogP contribution in [0.5, 0.6) is 5.75 Å². The molecule has 1 aliphatic heterocycles. The van der Waals surface area contributed by atoms with Crippen molar-refractivity contribution in [1.29, 1.82) is 0 Å². The number of carbonyl (C=O) groups excluding carboxylic acids is 1. The van der Waals surface area contributed by atoms with Crippen molar-refractivity contribution < 1.29 is 13.9 Å². The fraction of sp³-hybridized carbons (Fsp3) is 0.385. The number of rotatable bonds is 2. The Labute approximate surface area is 119 Å². The number of methoxy groups -OCH3 is 1. The molecule has 106 valence electrons. The van der Waals surface area contributed by atoms with E-state index < -0.39 is 5.82 Å². The lowest BCUT2D eigenvalue weighted by atomic mass is 10.1. The van der Waals surface area contributed by atoms with Crippen LogP contribution in [0.15, 0.2) is 12.1 Å². The molecule has 0 spiro atoms. The molecule has 0 radical (unpaired) electrons. The van der Waals surface area contributed by atoms with Crippen LogP contribution in [-0.2, 0) is 4.79 Å². The van der Waals surface area contributed by atoms with E-state index >= 15 is 0 Å². The fourth-order valence-corrected chi connectivity index (χ4v) is 2.94. The average molecular weight is 295 g/mol. The van der Waals surface area contributed by atoms with Gasteiger partial charge in [-0.3, -0.25) is 4.79 Å². The van der Waals surface area contributed by atoms with Gasteiger partial charge in [-0.15, -0.1) is 0 Å². The van der Waals surface area contributed by atoms with Crippen molar-refractivity contribution in [3.8, 4) is 5.75 Å². The minimum atomic E-state index is -0.430. The Morgan fingerprint density at radius 3 is 2.95 bits per heavy atom. The van der Waals surface area contributed by atoms with Gasteiger partial charge in [-0.05, 0) is 18.6 Å². The minimum Gasteiger partial charge on any atom is -0.494 e. The molecule has 1 aromatic heterocycles. The average Bonchev–Trinajstić information content (AvgIpc) is 2.74. The van der Waals surface area contributed by atoms with Gasteiger partial charge in [-0.2, -0.15) is 0 Å². The van der Waals surface area contributed by atoms with Crippen molar-refractivity contribution in [2.24, 2.45) is 0 Å². The summed E-state index contributed by atoms with van der Waals surface area (Å²) in [5, 5.41) is 2.83. The van der Waals surface area contributed by atoms with Crippen LogP contribution >= 0.6 is 12.2 Å². The van der Waals surface area contributed by atoms with Crippen molar-refractivity contribution in [3.05, 3.63) is 22.7 Å². The first kappa shape index (κ1) is 13.1. The first-order chi connectivity index (χ1) is 9.60. The van der Waals surface area contributed by atoms with E-state index in [2.05, 4.69) is 10.3 Å². The molecule has 0 aliphatic carbocycles. The van der Waals surface area contributed by atoms with Crippen molar-refractivity contribution in [2.45, 2.75) is 18.9 Å². The Morgan fingerprint density at radius 2 is 2.30 bits per heavy atom. The Balaban J connectivity index is 2.12. The van der Waals surface area contributed by atoms with Crippen molar-refractivity contribution in [3.63, 3.8) is 0 Å². The summed E-state index contributed by atoms with van der Waals surface area (Å²) < 4.78 is 21.2. The number of aromatic amines is 1. The topological polar surface area (TPSA) is 59.0 Å². The summed E-state index contributed by atoms with van der Waals surface area (Å²) in [5.41, 5.74) is 1.42. The Morgan fingerprint density at radius 1 is 1.50 bits per heavy atom. The molecule has 1 fully saturated rings. The van der Waals surface area contributed by atoms with Crippen LogP contribution in [0.2, 0.25) is 0 Å². The lowest BCUT2D eigenvalue weighted by Crippen LogP contribution is -2.36. The van der Waals surface area contributed by atoms with E-state index in [4.69, 9.17) is 17.0 Å². The van der Waals surface area contributed by atoms with Gasteiger partial charge in [0.15, 0.2) is 16.3 Å². The van der Waals surface area contributed by atoms with E-state index in [1.54, 1.807) is 6.07 Å². The molecular formula is C13H14FN3O2S. The summed E-state index contributed by atoms with van der Waals surface area (Å²) in [7, 11) is 1.43. The molecule has 2 aromatic rings. The number of piperidine rings is 1. The van der Waals surface area contributed by atoms with Crippen LogP contribution in [-0.4, -0.2) is 29.1 Å². The Kier molecular flexibility index (Phi) is 3.21. The normalized spacial score (nSPS) is 19.1. The Bertz CT molecular complexity index is 727. The number of halogens is 1. The van der Waals surface area contributed by atoms with Gasteiger partial charge < -0.3 is 19.6 Å². The van der Waals surface area contributed by atoms with Crippen LogP contribution in [0.4, 0.5) is 4.39 Å². The van der Waals surface area contributed by atoms with Crippen molar-refractivity contribution in [1.82, 2.24) is 14.9 Å². The van der Waals surface area contributed by atoms with Crippen molar-refractivity contribution >= 4 is 29.2 Å². The number of hydrogen-bond donors (Lipinski definition) is 2. The zero-order valence-corrected chi connectivity index (χ0v) is 11.7. The van der Waals surface area contributed by atoms with E-state index in [1.165, 1.54) is 13.2 Å². The van der Waals surface area contributed by atoms with Crippen molar-refractivity contribution in [2.75, 3.05) is 13.7 Å². The Hall–Kier alpha value is -1.89. The lowest BCUT2D eigenvalue weighted by molar-refractivity contribution is -0.122. The summed E-state index contributed by atoms with van der Waals surface area (Å²) in [6.45, 7) is 0.528. The van der Waals surface area contributed by atoms with Gasteiger partial charge in [0.1, 0.15) is 0 Å². The highest BCUT2D eigenvalue weighted by atomic mass is 32.1. The number of imidazole rings is 1. The summed E-state index contributed by atoms with van der Waals surface area (Å²) >= 11 is 5.32. The number of nitrogens with zero attached hydrogens (tertiary/aromatic N) is 1. The minimum absolute atomic E-state index is 0.0521. The standard InChI is InChI=1S/C13H14FN3O2S/c1-19-11-5-10-9(4-8(11)14)16-13(20)17(10)7-2-3-12(18)15-6-7/h4-5,7H,2-3,6H2,1H3,(H,15,18)(H,16,20). The molecule has 3 rings (SSSR count). The molecule has 1 aromatic carbocycles. The van der Waals surface area contributed by atoms with Gasteiger partial charge in [0, 0.05) is 25.1 Å². The quantitative estimate of drug-likeness (QED) is 0.836. The second-order valence-electron chi connectivity index (χ2n) is 4.80. The number of aromatic nitrogens is 2. The maximum atomic E-state index is 13.7. The van der Waals surface area contributed by atoms with Gasteiger partial charge in [0.2, 0.25) is 5.91 Å². The molecule has 2 N–H and O–H groups in total. The maximum absolute atomic E-state index is 13.7.